The van der Waals surface area contributed by atoms with E-state index in [1.165, 1.54) is 10.6 Å². The Bertz CT molecular complexity index is 325. The van der Waals surface area contributed by atoms with Crippen molar-refractivity contribution in [2.45, 2.75) is 46.3 Å². The summed E-state index contributed by atoms with van der Waals surface area (Å²) < 4.78 is 5.27. The summed E-state index contributed by atoms with van der Waals surface area (Å²) in [6.07, 6.45) is 1.31. The van der Waals surface area contributed by atoms with Crippen molar-refractivity contribution in [2.75, 3.05) is 13.7 Å². The van der Waals surface area contributed by atoms with Crippen molar-refractivity contribution < 1.29 is 4.74 Å². The molecule has 1 N–H and O–H groups in total. The summed E-state index contributed by atoms with van der Waals surface area (Å²) in [7, 11) is 1.75. The zero-order chi connectivity index (χ0) is 12.1. The zero-order valence-electron chi connectivity index (χ0n) is 10.8. The van der Waals surface area contributed by atoms with Crippen LogP contribution in [0.2, 0.25) is 0 Å². The molecule has 1 aromatic heterocycles. The van der Waals surface area contributed by atoms with Crippen LogP contribution in [0.25, 0.3) is 0 Å². The normalized spacial score (nSPS) is 15.1. The summed E-state index contributed by atoms with van der Waals surface area (Å²) >= 11 is 1.80. The van der Waals surface area contributed by atoms with Crippen molar-refractivity contribution in [3.63, 3.8) is 0 Å². The molecular weight excluding hydrogens is 220 g/mol. The van der Waals surface area contributed by atoms with E-state index in [0.29, 0.717) is 6.04 Å². The number of nitrogens with one attached hydrogen (secondary N) is 1. The van der Waals surface area contributed by atoms with Gasteiger partial charge in [-0.25, -0.2) is 4.98 Å². The number of rotatable bonds is 6. The van der Waals surface area contributed by atoms with E-state index < -0.39 is 0 Å². The molecule has 0 aliphatic heterocycles. The first-order chi connectivity index (χ1) is 7.54. The third-order valence-electron chi connectivity index (χ3n) is 2.89. The van der Waals surface area contributed by atoms with E-state index in [1.807, 2.05) is 0 Å². The van der Waals surface area contributed by atoms with Crippen LogP contribution in [0.4, 0.5) is 0 Å². The number of ether oxygens (including phenoxy) is 1. The highest BCUT2D eigenvalue weighted by Crippen LogP contribution is 2.17. The summed E-state index contributed by atoms with van der Waals surface area (Å²) in [5.74, 6) is 0. The van der Waals surface area contributed by atoms with E-state index in [-0.39, 0.29) is 6.10 Å². The highest BCUT2D eigenvalue weighted by Gasteiger charge is 2.10. The number of aromatic nitrogens is 1. The van der Waals surface area contributed by atoms with E-state index in [0.717, 1.165) is 18.0 Å². The van der Waals surface area contributed by atoms with Crippen LogP contribution in [0, 0.1) is 13.8 Å². The SMILES string of the molecule is COC(C)C(C)NCCc1sc(C)nc1C. The fraction of sp³-hybridized carbons (Fsp3) is 0.750. The fourth-order valence-electron chi connectivity index (χ4n) is 1.59. The highest BCUT2D eigenvalue weighted by atomic mass is 32.1. The second-order valence-corrected chi connectivity index (χ2v) is 5.46. The molecule has 1 heterocycles. The molecular formula is C12H22N2OS. The van der Waals surface area contributed by atoms with Crippen LogP contribution in [0.3, 0.4) is 0 Å². The maximum absolute atomic E-state index is 5.27. The minimum atomic E-state index is 0.254. The summed E-state index contributed by atoms with van der Waals surface area (Å²) in [5.41, 5.74) is 1.18. The molecule has 0 aromatic carbocycles. The second-order valence-electron chi connectivity index (χ2n) is 4.18. The van der Waals surface area contributed by atoms with Gasteiger partial charge in [0.2, 0.25) is 0 Å². The molecule has 1 rings (SSSR count). The first kappa shape index (κ1) is 13.6. The number of aryl methyl sites for hydroxylation is 2. The molecule has 92 valence electrons. The molecule has 0 saturated carbocycles. The Morgan fingerprint density at radius 2 is 2.06 bits per heavy atom. The predicted octanol–water partition coefficient (Wildman–Crippen LogP) is 2.32. The van der Waals surface area contributed by atoms with Crippen molar-refractivity contribution in [3.05, 3.63) is 15.6 Å². The lowest BCUT2D eigenvalue weighted by atomic mass is 10.2. The van der Waals surface area contributed by atoms with Gasteiger partial charge in [-0.2, -0.15) is 0 Å². The van der Waals surface area contributed by atoms with E-state index in [4.69, 9.17) is 4.74 Å². The lowest BCUT2D eigenvalue weighted by Gasteiger charge is -2.19. The van der Waals surface area contributed by atoms with E-state index in [1.54, 1.807) is 18.4 Å². The van der Waals surface area contributed by atoms with Crippen molar-refractivity contribution in [1.29, 1.82) is 0 Å². The van der Waals surface area contributed by atoms with Crippen molar-refractivity contribution in [3.8, 4) is 0 Å². The van der Waals surface area contributed by atoms with Gasteiger partial charge in [0.05, 0.1) is 16.8 Å². The molecule has 2 atom stereocenters. The summed E-state index contributed by atoms with van der Waals surface area (Å²) in [4.78, 5) is 5.82. The molecule has 4 heteroatoms. The van der Waals surface area contributed by atoms with E-state index >= 15 is 0 Å². The Morgan fingerprint density at radius 1 is 1.38 bits per heavy atom. The monoisotopic (exact) mass is 242 g/mol. The van der Waals surface area contributed by atoms with Gasteiger partial charge in [0.25, 0.3) is 0 Å². The molecule has 0 bridgehead atoms. The van der Waals surface area contributed by atoms with Gasteiger partial charge in [-0.05, 0) is 34.1 Å². The third-order valence-corrected chi connectivity index (χ3v) is 4.03. The molecule has 0 saturated heterocycles. The Morgan fingerprint density at radius 3 is 2.56 bits per heavy atom. The molecule has 3 nitrogen and oxygen atoms in total. The molecule has 0 aliphatic rings. The van der Waals surface area contributed by atoms with Gasteiger partial charge in [0, 0.05) is 24.6 Å². The first-order valence-corrected chi connectivity index (χ1v) is 6.55. The van der Waals surface area contributed by atoms with Crippen LogP contribution in [0.1, 0.15) is 29.4 Å². The number of methoxy groups -OCH3 is 1. The van der Waals surface area contributed by atoms with Crippen LogP contribution in [0.15, 0.2) is 0 Å². The minimum absolute atomic E-state index is 0.254. The molecule has 16 heavy (non-hydrogen) atoms. The summed E-state index contributed by atoms with van der Waals surface area (Å²) in [6.45, 7) is 9.36. The number of nitrogens with zero attached hydrogens (tertiary/aromatic N) is 1. The molecule has 0 fully saturated rings. The second kappa shape index (κ2) is 6.33. The van der Waals surface area contributed by atoms with Crippen LogP contribution in [0.5, 0.6) is 0 Å². The standard InChI is InChI=1S/C12H22N2OS/c1-8(10(3)15-5)13-7-6-12-9(2)14-11(4)16-12/h8,10,13H,6-7H2,1-5H3. The van der Waals surface area contributed by atoms with Crippen molar-refractivity contribution >= 4 is 11.3 Å². The largest absolute Gasteiger partial charge is 0.380 e. The van der Waals surface area contributed by atoms with Crippen LogP contribution < -0.4 is 5.32 Å². The van der Waals surface area contributed by atoms with Gasteiger partial charge in [-0.15, -0.1) is 11.3 Å². The molecule has 0 aliphatic carbocycles. The quantitative estimate of drug-likeness (QED) is 0.831. The third kappa shape index (κ3) is 3.85. The number of hydrogen-bond acceptors (Lipinski definition) is 4. The summed E-state index contributed by atoms with van der Waals surface area (Å²) in [6, 6.07) is 0.388. The van der Waals surface area contributed by atoms with Gasteiger partial charge < -0.3 is 10.1 Å². The van der Waals surface area contributed by atoms with E-state index in [9.17, 15) is 0 Å². The van der Waals surface area contributed by atoms with Crippen molar-refractivity contribution in [2.24, 2.45) is 0 Å². The van der Waals surface area contributed by atoms with E-state index in [2.05, 4.69) is 38.0 Å². The molecule has 0 amide bonds. The van der Waals surface area contributed by atoms with Crippen LogP contribution in [-0.2, 0) is 11.2 Å². The highest BCUT2D eigenvalue weighted by molar-refractivity contribution is 7.11. The number of hydrogen-bond donors (Lipinski definition) is 1. The molecule has 1 aromatic rings. The number of thiazole rings is 1. The Labute approximate surface area is 102 Å². The Kier molecular flexibility index (Phi) is 5.38. The Hall–Kier alpha value is -0.450. The van der Waals surface area contributed by atoms with Crippen LogP contribution in [-0.4, -0.2) is 30.8 Å². The average Bonchev–Trinajstić information content (AvgIpc) is 2.56. The molecule has 2 unspecified atom stereocenters. The van der Waals surface area contributed by atoms with Gasteiger partial charge in [0.15, 0.2) is 0 Å². The predicted molar refractivity (Wildman–Crippen MR) is 69.2 cm³/mol. The van der Waals surface area contributed by atoms with Gasteiger partial charge in [0.1, 0.15) is 0 Å². The first-order valence-electron chi connectivity index (χ1n) is 5.73. The van der Waals surface area contributed by atoms with Crippen molar-refractivity contribution in [1.82, 2.24) is 10.3 Å². The lowest BCUT2D eigenvalue weighted by Crippen LogP contribution is -2.37. The van der Waals surface area contributed by atoms with Gasteiger partial charge in [-0.1, -0.05) is 0 Å². The fourth-order valence-corrected chi connectivity index (χ4v) is 2.53. The average molecular weight is 242 g/mol. The molecule has 0 spiro atoms. The Balaban J connectivity index is 2.33. The van der Waals surface area contributed by atoms with Gasteiger partial charge in [-0.3, -0.25) is 0 Å². The summed E-state index contributed by atoms with van der Waals surface area (Å²) in [5, 5.41) is 4.63. The van der Waals surface area contributed by atoms with Gasteiger partial charge >= 0.3 is 0 Å². The maximum Gasteiger partial charge on any atom is 0.0900 e. The molecule has 0 radical (unpaired) electrons. The lowest BCUT2D eigenvalue weighted by molar-refractivity contribution is 0.0890. The maximum atomic E-state index is 5.27. The zero-order valence-corrected chi connectivity index (χ0v) is 11.6. The topological polar surface area (TPSA) is 34.1 Å². The van der Waals surface area contributed by atoms with Crippen LogP contribution >= 0.6 is 11.3 Å². The minimum Gasteiger partial charge on any atom is -0.380 e. The smallest absolute Gasteiger partial charge is 0.0900 e.